The van der Waals surface area contributed by atoms with Gasteiger partial charge in [-0.05, 0) is 59.1 Å². The van der Waals surface area contributed by atoms with Crippen LogP contribution in [0.1, 0.15) is 12.8 Å². The molecule has 2 aromatic rings. The highest BCUT2D eigenvalue weighted by atomic mass is 79.9. The lowest BCUT2D eigenvalue weighted by atomic mass is 10.3. The normalized spacial score (nSPS) is 14.9. The molecule has 0 aromatic heterocycles. The number of carbonyl (C=O) groups excluding carboxylic acids is 1. The molecule has 0 spiro atoms. The molecule has 144 valence electrons. The molecule has 0 aliphatic carbocycles. The number of halogens is 2. The summed E-state index contributed by atoms with van der Waals surface area (Å²) in [6, 6.07) is 11.5. The number of anilines is 1. The van der Waals surface area contributed by atoms with Crippen LogP contribution in [-0.4, -0.2) is 38.3 Å². The van der Waals surface area contributed by atoms with Crippen molar-refractivity contribution < 1.29 is 17.9 Å². The molecule has 2 aromatic carbocycles. The Hall–Kier alpha value is -1.61. The first-order valence-electron chi connectivity index (χ1n) is 8.35. The maximum absolute atomic E-state index is 12.9. The van der Waals surface area contributed by atoms with Crippen molar-refractivity contribution in [3.8, 4) is 5.75 Å². The van der Waals surface area contributed by atoms with Gasteiger partial charge in [0.25, 0.3) is 5.91 Å². The number of nitrogens with zero attached hydrogens (tertiary/aromatic N) is 1. The first-order chi connectivity index (χ1) is 12.9. The van der Waals surface area contributed by atoms with E-state index in [4.69, 9.17) is 16.3 Å². The second-order valence-corrected chi connectivity index (χ2v) is 9.22. The van der Waals surface area contributed by atoms with Crippen LogP contribution in [0.15, 0.2) is 51.8 Å². The average Bonchev–Trinajstić information content (AvgIpc) is 3.18. The van der Waals surface area contributed by atoms with Crippen LogP contribution in [0.3, 0.4) is 0 Å². The number of benzene rings is 2. The van der Waals surface area contributed by atoms with E-state index in [1.54, 1.807) is 18.2 Å². The number of hydrogen-bond acceptors (Lipinski definition) is 4. The molecule has 1 aliphatic heterocycles. The minimum absolute atomic E-state index is 0.0226. The zero-order chi connectivity index (χ0) is 19.4. The number of ether oxygens (including phenoxy) is 1. The number of nitrogens with one attached hydrogen (secondary N) is 1. The summed E-state index contributed by atoms with van der Waals surface area (Å²) in [6.45, 7) is 0.610. The molecule has 27 heavy (non-hydrogen) atoms. The lowest BCUT2D eigenvalue weighted by Gasteiger charge is -2.18. The van der Waals surface area contributed by atoms with Gasteiger partial charge in [0.15, 0.2) is 6.61 Å². The molecule has 6 nitrogen and oxygen atoms in total. The summed E-state index contributed by atoms with van der Waals surface area (Å²) >= 11 is 9.34. The van der Waals surface area contributed by atoms with Crippen molar-refractivity contribution in [2.24, 2.45) is 0 Å². The molecule has 1 aliphatic rings. The summed E-state index contributed by atoms with van der Waals surface area (Å²) in [5, 5.41) is 3.00. The molecule has 1 amide bonds. The fourth-order valence-electron chi connectivity index (χ4n) is 2.76. The van der Waals surface area contributed by atoms with E-state index >= 15 is 0 Å². The highest BCUT2D eigenvalue weighted by Gasteiger charge is 2.30. The second-order valence-electron chi connectivity index (χ2n) is 6.02. The van der Waals surface area contributed by atoms with Gasteiger partial charge in [0.05, 0.1) is 5.69 Å². The highest BCUT2D eigenvalue weighted by molar-refractivity contribution is 9.10. The molecule has 0 saturated carbocycles. The number of sulfonamides is 1. The number of amides is 1. The Morgan fingerprint density at radius 3 is 2.59 bits per heavy atom. The van der Waals surface area contributed by atoms with Gasteiger partial charge in [0.1, 0.15) is 10.6 Å². The van der Waals surface area contributed by atoms with Gasteiger partial charge in [-0.2, -0.15) is 4.31 Å². The molecule has 1 heterocycles. The third kappa shape index (κ3) is 4.82. The van der Waals surface area contributed by atoms with Gasteiger partial charge in [-0.1, -0.05) is 23.7 Å². The lowest BCUT2D eigenvalue weighted by Crippen LogP contribution is -2.28. The van der Waals surface area contributed by atoms with Gasteiger partial charge in [-0.25, -0.2) is 8.42 Å². The van der Waals surface area contributed by atoms with Crippen molar-refractivity contribution in [1.82, 2.24) is 4.31 Å². The molecule has 0 bridgehead atoms. The Labute approximate surface area is 171 Å². The summed E-state index contributed by atoms with van der Waals surface area (Å²) in [4.78, 5) is 12.2. The van der Waals surface area contributed by atoms with Gasteiger partial charge in [-0.15, -0.1) is 0 Å². The standard InChI is InChI=1S/C18H18BrClN2O4S/c19-14-5-1-2-6-15(14)21-18(23)12-26-16-8-7-13(20)11-17(16)27(24,25)22-9-3-4-10-22/h1-2,5-8,11H,3-4,9-10,12H2,(H,21,23). The van der Waals surface area contributed by atoms with Crippen LogP contribution >= 0.6 is 27.5 Å². The van der Waals surface area contributed by atoms with E-state index in [-0.39, 0.29) is 22.3 Å². The molecule has 1 N–H and O–H groups in total. The minimum Gasteiger partial charge on any atom is -0.482 e. The van der Waals surface area contributed by atoms with Crippen molar-refractivity contribution in [3.05, 3.63) is 52.0 Å². The van der Waals surface area contributed by atoms with Gasteiger partial charge in [-0.3, -0.25) is 4.79 Å². The van der Waals surface area contributed by atoms with E-state index in [2.05, 4.69) is 21.2 Å². The predicted molar refractivity (Wildman–Crippen MR) is 108 cm³/mol. The van der Waals surface area contributed by atoms with E-state index in [9.17, 15) is 13.2 Å². The Morgan fingerprint density at radius 1 is 1.19 bits per heavy atom. The summed E-state index contributed by atoms with van der Waals surface area (Å²) < 4.78 is 33.4. The molecule has 0 atom stereocenters. The van der Waals surface area contributed by atoms with Crippen LogP contribution < -0.4 is 10.1 Å². The molecule has 3 rings (SSSR count). The fourth-order valence-corrected chi connectivity index (χ4v) is 5.06. The minimum atomic E-state index is -3.72. The Bertz CT molecular complexity index is 946. The molecule has 0 unspecified atom stereocenters. The Kier molecular flexibility index (Phi) is 6.41. The van der Waals surface area contributed by atoms with Gasteiger partial charge in [0.2, 0.25) is 10.0 Å². The van der Waals surface area contributed by atoms with Crippen LogP contribution in [-0.2, 0) is 14.8 Å². The van der Waals surface area contributed by atoms with Gasteiger partial charge >= 0.3 is 0 Å². The second kappa shape index (κ2) is 8.60. The van der Waals surface area contributed by atoms with E-state index in [1.807, 2.05) is 6.07 Å². The summed E-state index contributed by atoms with van der Waals surface area (Å²) in [6.07, 6.45) is 1.65. The van der Waals surface area contributed by atoms with E-state index in [0.717, 1.165) is 17.3 Å². The predicted octanol–water partition coefficient (Wildman–Crippen LogP) is 3.90. The van der Waals surface area contributed by atoms with Gasteiger partial charge in [0, 0.05) is 22.6 Å². The molecular weight excluding hydrogens is 456 g/mol. The van der Waals surface area contributed by atoms with E-state index < -0.39 is 15.9 Å². The van der Waals surface area contributed by atoms with Crippen LogP contribution in [0.25, 0.3) is 0 Å². The van der Waals surface area contributed by atoms with Crippen molar-refractivity contribution in [2.45, 2.75) is 17.7 Å². The lowest BCUT2D eigenvalue weighted by molar-refractivity contribution is -0.118. The quantitative estimate of drug-likeness (QED) is 0.690. The SMILES string of the molecule is O=C(COc1ccc(Cl)cc1S(=O)(=O)N1CCCC1)Nc1ccccc1Br. The number of carbonyl (C=O) groups is 1. The maximum atomic E-state index is 12.9. The van der Waals surface area contributed by atoms with Crippen LogP contribution in [0, 0.1) is 0 Å². The molecule has 0 radical (unpaired) electrons. The highest BCUT2D eigenvalue weighted by Crippen LogP contribution is 2.31. The van der Waals surface area contributed by atoms with Gasteiger partial charge < -0.3 is 10.1 Å². The smallest absolute Gasteiger partial charge is 0.262 e. The Morgan fingerprint density at radius 2 is 1.89 bits per heavy atom. The van der Waals surface area contributed by atoms with E-state index in [1.165, 1.54) is 22.5 Å². The summed E-state index contributed by atoms with van der Waals surface area (Å²) in [5.41, 5.74) is 0.604. The van der Waals surface area contributed by atoms with Crippen LogP contribution in [0.2, 0.25) is 5.02 Å². The molecule has 1 saturated heterocycles. The first-order valence-corrected chi connectivity index (χ1v) is 11.0. The van der Waals surface area contributed by atoms with Crippen LogP contribution in [0.5, 0.6) is 5.75 Å². The molecular formula is C18H18BrClN2O4S. The average molecular weight is 474 g/mol. The maximum Gasteiger partial charge on any atom is 0.262 e. The monoisotopic (exact) mass is 472 g/mol. The first kappa shape index (κ1) is 20.1. The third-order valence-electron chi connectivity index (χ3n) is 4.10. The number of hydrogen-bond donors (Lipinski definition) is 1. The van der Waals surface area contributed by atoms with Crippen molar-refractivity contribution in [3.63, 3.8) is 0 Å². The van der Waals surface area contributed by atoms with Crippen LogP contribution in [0.4, 0.5) is 5.69 Å². The van der Waals surface area contributed by atoms with Crippen molar-refractivity contribution in [1.29, 1.82) is 0 Å². The largest absolute Gasteiger partial charge is 0.482 e. The number of para-hydroxylation sites is 1. The number of rotatable bonds is 6. The zero-order valence-electron chi connectivity index (χ0n) is 14.3. The summed E-state index contributed by atoms with van der Waals surface area (Å²) in [7, 11) is -3.72. The topological polar surface area (TPSA) is 75.7 Å². The van der Waals surface area contributed by atoms with Crippen molar-refractivity contribution in [2.75, 3.05) is 25.0 Å². The van der Waals surface area contributed by atoms with Crippen molar-refractivity contribution >= 4 is 49.1 Å². The Balaban J connectivity index is 1.75. The zero-order valence-corrected chi connectivity index (χ0v) is 17.5. The summed E-state index contributed by atoms with van der Waals surface area (Å²) in [5.74, 6) is -0.296. The molecule has 1 fully saturated rings. The third-order valence-corrected chi connectivity index (χ3v) is 6.94. The molecule has 9 heteroatoms. The fraction of sp³-hybridized carbons (Fsp3) is 0.278. The van der Waals surface area contributed by atoms with E-state index in [0.29, 0.717) is 18.8 Å².